The van der Waals surface area contributed by atoms with Crippen LogP contribution in [0.2, 0.25) is 0 Å². The summed E-state index contributed by atoms with van der Waals surface area (Å²) < 4.78 is 0. The lowest BCUT2D eigenvalue weighted by molar-refractivity contribution is 0.132. The highest BCUT2D eigenvalue weighted by atomic mass is 15.2. The molecule has 17 heavy (non-hydrogen) atoms. The van der Waals surface area contributed by atoms with Gasteiger partial charge in [-0.15, -0.1) is 0 Å². The summed E-state index contributed by atoms with van der Waals surface area (Å²) in [7, 11) is 0. The van der Waals surface area contributed by atoms with Crippen LogP contribution in [0.4, 0.5) is 0 Å². The van der Waals surface area contributed by atoms with E-state index in [1.807, 2.05) is 0 Å². The Balaban J connectivity index is 1.84. The molecule has 0 aromatic heterocycles. The molecular formula is C15H30N2. The topological polar surface area (TPSA) is 15.3 Å². The van der Waals surface area contributed by atoms with Gasteiger partial charge in [-0.2, -0.15) is 0 Å². The van der Waals surface area contributed by atoms with E-state index in [2.05, 4.69) is 24.1 Å². The molecule has 0 aromatic rings. The SMILES string of the molecule is CCC1CCC(N2CCCNC(CC)C2)CC1. The van der Waals surface area contributed by atoms with Gasteiger partial charge in [0.25, 0.3) is 0 Å². The smallest absolute Gasteiger partial charge is 0.0192 e. The molecule has 0 aromatic carbocycles. The zero-order valence-corrected chi connectivity index (χ0v) is 11.8. The van der Waals surface area contributed by atoms with Gasteiger partial charge >= 0.3 is 0 Å². The van der Waals surface area contributed by atoms with Gasteiger partial charge in [-0.3, -0.25) is 4.90 Å². The number of rotatable bonds is 3. The van der Waals surface area contributed by atoms with Crippen LogP contribution in [0.5, 0.6) is 0 Å². The first-order valence-electron chi connectivity index (χ1n) is 7.80. The summed E-state index contributed by atoms with van der Waals surface area (Å²) in [6.07, 6.45) is 9.87. The van der Waals surface area contributed by atoms with E-state index in [1.54, 1.807) is 0 Å². The molecule has 0 spiro atoms. The quantitative estimate of drug-likeness (QED) is 0.813. The third kappa shape index (κ3) is 3.69. The highest BCUT2D eigenvalue weighted by molar-refractivity contribution is 4.84. The molecule has 1 heterocycles. The first kappa shape index (κ1) is 13.4. The van der Waals surface area contributed by atoms with E-state index in [-0.39, 0.29) is 0 Å². The van der Waals surface area contributed by atoms with Crippen LogP contribution in [0.25, 0.3) is 0 Å². The fraction of sp³-hybridized carbons (Fsp3) is 1.00. The van der Waals surface area contributed by atoms with Crippen molar-refractivity contribution in [2.24, 2.45) is 5.92 Å². The van der Waals surface area contributed by atoms with Crippen molar-refractivity contribution in [2.45, 2.75) is 70.9 Å². The average Bonchev–Trinajstić information content (AvgIpc) is 2.64. The molecular weight excluding hydrogens is 208 g/mol. The fourth-order valence-electron chi connectivity index (χ4n) is 3.55. The van der Waals surface area contributed by atoms with Crippen LogP contribution in [-0.4, -0.2) is 36.6 Å². The molecule has 0 bridgehead atoms. The Labute approximate surface area is 107 Å². The highest BCUT2D eigenvalue weighted by Crippen LogP contribution is 2.30. The molecule has 1 saturated heterocycles. The molecule has 1 atom stereocenters. The summed E-state index contributed by atoms with van der Waals surface area (Å²) in [5, 5.41) is 3.68. The Bertz CT molecular complexity index is 209. The molecule has 2 rings (SSSR count). The number of hydrogen-bond acceptors (Lipinski definition) is 2. The Hall–Kier alpha value is -0.0800. The second-order valence-corrected chi connectivity index (χ2v) is 5.99. The number of hydrogen-bond donors (Lipinski definition) is 1. The summed E-state index contributed by atoms with van der Waals surface area (Å²) >= 11 is 0. The molecule has 2 nitrogen and oxygen atoms in total. The van der Waals surface area contributed by atoms with Crippen molar-refractivity contribution in [1.82, 2.24) is 10.2 Å². The molecule has 1 saturated carbocycles. The average molecular weight is 238 g/mol. The Kier molecular flexibility index (Phi) is 5.30. The summed E-state index contributed by atoms with van der Waals surface area (Å²) in [4.78, 5) is 2.79. The van der Waals surface area contributed by atoms with Gasteiger partial charge in [0.15, 0.2) is 0 Å². The third-order valence-corrected chi connectivity index (χ3v) is 4.91. The van der Waals surface area contributed by atoms with Gasteiger partial charge in [0.2, 0.25) is 0 Å². The van der Waals surface area contributed by atoms with E-state index >= 15 is 0 Å². The molecule has 0 radical (unpaired) electrons. The lowest BCUT2D eigenvalue weighted by Gasteiger charge is -2.37. The second-order valence-electron chi connectivity index (χ2n) is 5.99. The van der Waals surface area contributed by atoms with E-state index in [9.17, 15) is 0 Å². The van der Waals surface area contributed by atoms with Gasteiger partial charge in [0.1, 0.15) is 0 Å². The van der Waals surface area contributed by atoms with Crippen molar-refractivity contribution in [3.8, 4) is 0 Å². The molecule has 2 fully saturated rings. The van der Waals surface area contributed by atoms with Crippen LogP contribution in [0.3, 0.4) is 0 Å². The van der Waals surface area contributed by atoms with Crippen molar-refractivity contribution < 1.29 is 0 Å². The van der Waals surface area contributed by atoms with E-state index < -0.39 is 0 Å². The van der Waals surface area contributed by atoms with Crippen LogP contribution < -0.4 is 5.32 Å². The molecule has 2 aliphatic rings. The zero-order chi connectivity index (χ0) is 12.1. The lowest BCUT2D eigenvalue weighted by atomic mass is 9.84. The lowest BCUT2D eigenvalue weighted by Crippen LogP contribution is -2.43. The number of nitrogens with one attached hydrogen (secondary N) is 1. The van der Waals surface area contributed by atoms with Crippen molar-refractivity contribution >= 4 is 0 Å². The standard InChI is InChI=1S/C15H30N2/c1-3-13-6-8-15(9-7-13)17-11-5-10-16-14(4-2)12-17/h13-16H,3-12H2,1-2H3. The summed E-state index contributed by atoms with van der Waals surface area (Å²) in [5.74, 6) is 1.03. The second kappa shape index (κ2) is 6.75. The van der Waals surface area contributed by atoms with E-state index in [0.29, 0.717) is 0 Å². The Morgan fingerprint density at radius 2 is 1.82 bits per heavy atom. The van der Waals surface area contributed by atoms with Crippen molar-refractivity contribution in [1.29, 1.82) is 0 Å². The van der Waals surface area contributed by atoms with Crippen molar-refractivity contribution in [3.63, 3.8) is 0 Å². The molecule has 0 amide bonds. The van der Waals surface area contributed by atoms with Crippen LogP contribution >= 0.6 is 0 Å². The Morgan fingerprint density at radius 3 is 2.47 bits per heavy atom. The predicted molar refractivity (Wildman–Crippen MR) is 74.3 cm³/mol. The summed E-state index contributed by atoms with van der Waals surface area (Å²) in [5.41, 5.74) is 0. The molecule has 1 N–H and O–H groups in total. The fourth-order valence-corrected chi connectivity index (χ4v) is 3.55. The number of nitrogens with zero attached hydrogens (tertiary/aromatic N) is 1. The molecule has 100 valence electrons. The van der Waals surface area contributed by atoms with E-state index in [0.717, 1.165) is 18.0 Å². The maximum Gasteiger partial charge on any atom is 0.0192 e. The first-order valence-corrected chi connectivity index (χ1v) is 7.80. The Morgan fingerprint density at radius 1 is 1.06 bits per heavy atom. The van der Waals surface area contributed by atoms with Crippen LogP contribution in [0.1, 0.15) is 58.8 Å². The van der Waals surface area contributed by atoms with Gasteiger partial charge in [0.05, 0.1) is 0 Å². The maximum atomic E-state index is 3.68. The minimum atomic E-state index is 0.737. The first-order chi connectivity index (χ1) is 8.33. The normalized spacial score (nSPS) is 36.7. The van der Waals surface area contributed by atoms with Crippen molar-refractivity contribution in [2.75, 3.05) is 19.6 Å². The van der Waals surface area contributed by atoms with Gasteiger partial charge in [-0.1, -0.05) is 20.3 Å². The van der Waals surface area contributed by atoms with Gasteiger partial charge < -0.3 is 5.32 Å². The van der Waals surface area contributed by atoms with E-state index in [4.69, 9.17) is 0 Å². The summed E-state index contributed by atoms with van der Waals surface area (Å²) in [6, 6.07) is 1.63. The van der Waals surface area contributed by atoms with E-state index in [1.165, 1.54) is 64.6 Å². The van der Waals surface area contributed by atoms with Crippen LogP contribution in [-0.2, 0) is 0 Å². The van der Waals surface area contributed by atoms with Gasteiger partial charge in [0, 0.05) is 18.6 Å². The predicted octanol–water partition coefficient (Wildman–Crippen LogP) is 3.03. The monoisotopic (exact) mass is 238 g/mol. The minimum Gasteiger partial charge on any atom is -0.313 e. The largest absolute Gasteiger partial charge is 0.313 e. The van der Waals surface area contributed by atoms with Crippen LogP contribution in [0, 0.1) is 5.92 Å². The van der Waals surface area contributed by atoms with Crippen LogP contribution in [0.15, 0.2) is 0 Å². The van der Waals surface area contributed by atoms with Gasteiger partial charge in [-0.25, -0.2) is 0 Å². The summed E-state index contributed by atoms with van der Waals surface area (Å²) in [6.45, 7) is 8.51. The highest BCUT2D eigenvalue weighted by Gasteiger charge is 2.27. The molecule has 1 aliphatic heterocycles. The maximum absolute atomic E-state index is 3.68. The minimum absolute atomic E-state index is 0.737. The molecule has 1 aliphatic carbocycles. The molecule has 2 heteroatoms. The third-order valence-electron chi connectivity index (χ3n) is 4.91. The molecule has 1 unspecified atom stereocenters. The zero-order valence-electron chi connectivity index (χ0n) is 11.8. The van der Waals surface area contributed by atoms with Crippen molar-refractivity contribution in [3.05, 3.63) is 0 Å². The van der Waals surface area contributed by atoms with Gasteiger partial charge in [-0.05, 0) is 57.5 Å².